The van der Waals surface area contributed by atoms with Crippen molar-refractivity contribution in [2.45, 2.75) is 18.9 Å². The van der Waals surface area contributed by atoms with E-state index >= 15 is 0 Å². The Hall–Kier alpha value is -4.05. The van der Waals surface area contributed by atoms with Crippen molar-refractivity contribution < 1.29 is 22.7 Å². The largest absolute Gasteiger partial charge is 0.463 e. The van der Waals surface area contributed by atoms with Crippen molar-refractivity contribution in [2.24, 2.45) is 0 Å². The van der Waals surface area contributed by atoms with Gasteiger partial charge >= 0.3 is 6.01 Å². The van der Waals surface area contributed by atoms with Crippen LogP contribution in [0.1, 0.15) is 12.8 Å². The van der Waals surface area contributed by atoms with E-state index < -0.39 is 11.7 Å². The molecule has 0 bridgehead atoms. The van der Waals surface area contributed by atoms with Crippen molar-refractivity contribution in [3.8, 4) is 17.1 Å². The minimum Gasteiger partial charge on any atom is -0.463 e. The van der Waals surface area contributed by atoms with Gasteiger partial charge in [-0.25, -0.2) is 8.78 Å². The summed E-state index contributed by atoms with van der Waals surface area (Å²) in [5, 5.41) is 1.41. The second-order valence-electron chi connectivity index (χ2n) is 10.1. The lowest BCUT2D eigenvalue weighted by atomic mass is 9.99. The van der Waals surface area contributed by atoms with Crippen LogP contribution in [0.15, 0.2) is 59.5 Å². The molecule has 1 amide bonds. The quantitative estimate of drug-likeness (QED) is 0.330. The molecular formula is C29H29F2N5O3. The van der Waals surface area contributed by atoms with Gasteiger partial charge in [-0.2, -0.15) is 9.97 Å². The van der Waals surface area contributed by atoms with Crippen molar-refractivity contribution in [3.05, 3.63) is 60.9 Å². The van der Waals surface area contributed by atoms with Gasteiger partial charge in [0.05, 0.1) is 17.2 Å². The summed E-state index contributed by atoms with van der Waals surface area (Å²) < 4.78 is 40.4. The highest BCUT2D eigenvalue weighted by molar-refractivity contribution is 6.14. The number of likely N-dealkylation sites (N-methyl/N-ethyl adjacent to an activating group) is 1. The first-order valence-corrected chi connectivity index (χ1v) is 13.1. The van der Waals surface area contributed by atoms with Gasteiger partial charge in [0.25, 0.3) is 5.91 Å². The number of anilines is 1. The molecule has 2 saturated heterocycles. The predicted molar refractivity (Wildman–Crippen MR) is 145 cm³/mol. The molecule has 10 heteroatoms. The second-order valence-corrected chi connectivity index (χ2v) is 10.1. The average Bonchev–Trinajstić information content (AvgIpc) is 3.60. The van der Waals surface area contributed by atoms with E-state index in [0.717, 1.165) is 24.8 Å². The standard InChI is InChI=1S/C29H29F2N5O3/c1-18(30)28(37)36-13-11-35(12-14-36)27-25-24(32-29(33-27)39-17-19-6-5-10-34(19)2)16-22(21-9-15-38-26(21)25)20-7-3-4-8-23(20)31/h3-4,7-9,15-16,19H,1,5-6,10-14,17H2,2H3/t19-/m0/s1. The fourth-order valence-electron chi connectivity index (χ4n) is 5.55. The van der Waals surface area contributed by atoms with Gasteiger partial charge in [-0.15, -0.1) is 0 Å². The Morgan fingerprint density at radius 1 is 1.13 bits per heavy atom. The van der Waals surface area contributed by atoms with Crippen LogP contribution in [0.4, 0.5) is 14.6 Å². The number of benzene rings is 2. The Kier molecular flexibility index (Phi) is 6.64. The third-order valence-corrected chi connectivity index (χ3v) is 7.70. The molecule has 0 saturated carbocycles. The molecule has 0 radical (unpaired) electrons. The Morgan fingerprint density at radius 3 is 2.64 bits per heavy atom. The number of carbonyl (C=O) groups excluding carboxylic acids is 1. The van der Waals surface area contributed by atoms with Gasteiger partial charge < -0.3 is 23.9 Å². The molecule has 2 aromatic carbocycles. The molecule has 202 valence electrons. The number of ether oxygens (including phenoxy) is 1. The van der Waals surface area contributed by atoms with Gasteiger partial charge in [-0.3, -0.25) is 4.79 Å². The highest BCUT2D eigenvalue weighted by Gasteiger charge is 2.28. The van der Waals surface area contributed by atoms with Gasteiger partial charge in [0.15, 0.2) is 5.83 Å². The summed E-state index contributed by atoms with van der Waals surface area (Å²) in [6, 6.07) is 10.8. The van der Waals surface area contributed by atoms with E-state index in [1.807, 2.05) is 17.0 Å². The second kappa shape index (κ2) is 10.3. The fourth-order valence-corrected chi connectivity index (χ4v) is 5.55. The van der Waals surface area contributed by atoms with Gasteiger partial charge in [0, 0.05) is 43.2 Å². The predicted octanol–water partition coefficient (Wildman–Crippen LogP) is 4.79. The molecule has 0 aliphatic carbocycles. The molecule has 0 unspecified atom stereocenters. The maximum absolute atomic E-state index is 14.9. The minimum absolute atomic E-state index is 0.221. The highest BCUT2D eigenvalue weighted by atomic mass is 19.1. The molecule has 39 heavy (non-hydrogen) atoms. The number of carbonyl (C=O) groups is 1. The average molecular weight is 534 g/mol. The highest BCUT2D eigenvalue weighted by Crippen LogP contribution is 2.40. The van der Waals surface area contributed by atoms with Gasteiger partial charge in [-0.05, 0) is 50.2 Å². The van der Waals surface area contributed by atoms with E-state index in [1.165, 1.54) is 11.0 Å². The van der Waals surface area contributed by atoms with Crippen LogP contribution in [0.2, 0.25) is 0 Å². The first-order valence-electron chi connectivity index (χ1n) is 13.1. The zero-order valence-corrected chi connectivity index (χ0v) is 21.7. The summed E-state index contributed by atoms with van der Waals surface area (Å²) in [6.45, 7) is 6.08. The van der Waals surface area contributed by atoms with Crippen molar-refractivity contribution in [3.63, 3.8) is 0 Å². The fraction of sp³-hybridized carbons (Fsp3) is 0.345. The van der Waals surface area contributed by atoms with Crippen LogP contribution in [0.25, 0.3) is 33.0 Å². The number of amides is 1. The van der Waals surface area contributed by atoms with Crippen LogP contribution < -0.4 is 9.64 Å². The number of fused-ring (bicyclic) bond motifs is 3. The molecule has 2 aromatic heterocycles. The topological polar surface area (TPSA) is 74.9 Å². The third kappa shape index (κ3) is 4.69. The summed E-state index contributed by atoms with van der Waals surface area (Å²) >= 11 is 0. The van der Waals surface area contributed by atoms with Crippen molar-refractivity contribution in [1.82, 2.24) is 19.8 Å². The maximum atomic E-state index is 14.9. The molecule has 1 atom stereocenters. The minimum atomic E-state index is -0.971. The Balaban J connectivity index is 1.45. The lowest BCUT2D eigenvalue weighted by molar-refractivity contribution is -0.128. The number of nitrogens with zero attached hydrogens (tertiary/aromatic N) is 5. The van der Waals surface area contributed by atoms with Crippen LogP contribution in [0.3, 0.4) is 0 Å². The molecule has 8 nitrogen and oxygen atoms in total. The first kappa shape index (κ1) is 25.2. The molecule has 2 aliphatic heterocycles. The van der Waals surface area contributed by atoms with E-state index in [-0.39, 0.29) is 17.9 Å². The summed E-state index contributed by atoms with van der Waals surface area (Å²) in [4.78, 5) is 27.4. The van der Waals surface area contributed by atoms with Gasteiger partial charge in [0.2, 0.25) is 0 Å². The van der Waals surface area contributed by atoms with Crippen LogP contribution in [0.5, 0.6) is 6.01 Å². The molecule has 0 N–H and O–H groups in total. The summed E-state index contributed by atoms with van der Waals surface area (Å²) in [7, 11) is 2.08. The number of hydrogen-bond acceptors (Lipinski definition) is 7. The van der Waals surface area contributed by atoms with E-state index in [4.69, 9.17) is 19.1 Å². The molecule has 2 aliphatic rings. The van der Waals surface area contributed by atoms with Crippen molar-refractivity contribution in [1.29, 1.82) is 0 Å². The Labute approximate surface area is 224 Å². The normalized spacial score (nSPS) is 18.3. The smallest absolute Gasteiger partial charge is 0.319 e. The maximum Gasteiger partial charge on any atom is 0.319 e. The first-order chi connectivity index (χ1) is 18.9. The number of aromatic nitrogens is 2. The number of rotatable bonds is 6. The molecule has 0 spiro atoms. The van der Waals surface area contributed by atoms with Crippen LogP contribution in [-0.2, 0) is 4.79 Å². The number of furan rings is 1. The SMILES string of the molecule is C=C(F)C(=O)N1CCN(c2nc(OC[C@@H]3CCCN3C)nc3cc(-c4ccccc4F)c4ccoc4c23)CC1. The number of halogens is 2. The lowest BCUT2D eigenvalue weighted by Gasteiger charge is -2.35. The molecule has 6 rings (SSSR count). The zero-order valence-electron chi connectivity index (χ0n) is 21.7. The van der Waals surface area contributed by atoms with Crippen molar-refractivity contribution in [2.75, 3.05) is 51.3 Å². The van der Waals surface area contributed by atoms with E-state index in [2.05, 4.69) is 18.5 Å². The Bertz CT molecular complexity index is 1560. The lowest BCUT2D eigenvalue weighted by Crippen LogP contribution is -2.49. The van der Waals surface area contributed by atoms with E-state index in [1.54, 1.807) is 24.5 Å². The van der Waals surface area contributed by atoms with Crippen LogP contribution in [-0.4, -0.2) is 78.1 Å². The monoisotopic (exact) mass is 533 g/mol. The van der Waals surface area contributed by atoms with E-state index in [0.29, 0.717) is 66.2 Å². The number of likely N-dealkylation sites (tertiary alicyclic amines) is 1. The van der Waals surface area contributed by atoms with Gasteiger partial charge in [0.1, 0.15) is 23.8 Å². The zero-order chi connectivity index (χ0) is 27.1. The van der Waals surface area contributed by atoms with Crippen LogP contribution in [0, 0.1) is 5.82 Å². The summed E-state index contributed by atoms with van der Waals surface area (Å²) in [5.74, 6) is -1.41. The van der Waals surface area contributed by atoms with E-state index in [9.17, 15) is 13.6 Å². The molecular weight excluding hydrogens is 504 g/mol. The Morgan fingerprint density at radius 2 is 1.92 bits per heavy atom. The number of hydrogen-bond donors (Lipinski definition) is 0. The van der Waals surface area contributed by atoms with Crippen LogP contribution >= 0.6 is 0 Å². The number of piperazine rings is 1. The third-order valence-electron chi connectivity index (χ3n) is 7.70. The molecule has 4 heterocycles. The van der Waals surface area contributed by atoms with Gasteiger partial charge in [-0.1, -0.05) is 24.8 Å². The summed E-state index contributed by atoms with van der Waals surface area (Å²) in [5.41, 5.74) is 2.21. The summed E-state index contributed by atoms with van der Waals surface area (Å²) in [6.07, 6.45) is 3.73. The molecule has 4 aromatic rings. The molecule has 2 fully saturated rings. The van der Waals surface area contributed by atoms with Crippen molar-refractivity contribution >= 4 is 33.6 Å².